The van der Waals surface area contributed by atoms with Crippen LogP contribution in [-0.2, 0) is 0 Å². The van der Waals surface area contributed by atoms with Gasteiger partial charge < -0.3 is 4.90 Å². The van der Waals surface area contributed by atoms with Gasteiger partial charge in [0.15, 0.2) is 0 Å². The number of nitrogens with zero attached hydrogens (tertiary/aromatic N) is 1. The molecule has 0 saturated carbocycles. The molecule has 0 amide bonds. The summed E-state index contributed by atoms with van der Waals surface area (Å²) >= 11 is 0. The standard InChI is InChI=1S/C12H18FN/c1-4-11(5-2)14(3)12-8-6-10(13)7-9-12/h6-9,11H,4-5H2,1-3H3. The van der Waals surface area contributed by atoms with Crippen LogP contribution in [0.4, 0.5) is 10.1 Å². The Hall–Kier alpha value is -1.05. The zero-order valence-electron chi connectivity index (χ0n) is 9.13. The second-order valence-electron chi connectivity index (χ2n) is 3.56. The maximum atomic E-state index is 12.7. The van der Waals surface area contributed by atoms with Gasteiger partial charge in [-0.15, -0.1) is 0 Å². The van der Waals surface area contributed by atoms with Gasteiger partial charge in [-0.2, -0.15) is 0 Å². The molecular weight excluding hydrogens is 177 g/mol. The third-order valence-corrected chi connectivity index (χ3v) is 2.72. The molecule has 0 saturated heterocycles. The van der Waals surface area contributed by atoms with E-state index in [9.17, 15) is 4.39 Å². The molecule has 0 aliphatic carbocycles. The summed E-state index contributed by atoms with van der Waals surface area (Å²) in [6.45, 7) is 4.35. The van der Waals surface area contributed by atoms with E-state index in [0.717, 1.165) is 18.5 Å². The summed E-state index contributed by atoms with van der Waals surface area (Å²) in [5.41, 5.74) is 1.08. The average molecular weight is 195 g/mol. The molecule has 2 heteroatoms. The molecule has 0 fully saturated rings. The molecule has 78 valence electrons. The van der Waals surface area contributed by atoms with Gasteiger partial charge in [-0.05, 0) is 37.1 Å². The van der Waals surface area contributed by atoms with Gasteiger partial charge in [0.05, 0.1) is 0 Å². The van der Waals surface area contributed by atoms with Gasteiger partial charge in [-0.1, -0.05) is 13.8 Å². The summed E-state index contributed by atoms with van der Waals surface area (Å²) in [6, 6.07) is 7.21. The molecule has 1 rings (SSSR count). The SMILES string of the molecule is CCC(CC)N(C)c1ccc(F)cc1. The van der Waals surface area contributed by atoms with E-state index in [-0.39, 0.29) is 5.82 Å². The van der Waals surface area contributed by atoms with Crippen molar-refractivity contribution in [3.05, 3.63) is 30.1 Å². The van der Waals surface area contributed by atoms with Crippen molar-refractivity contribution in [2.45, 2.75) is 32.7 Å². The monoisotopic (exact) mass is 195 g/mol. The van der Waals surface area contributed by atoms with E-state index in [4.69, 9.17) is 0 Å². The number of benzene rings is 1. The maximum absolute atomic E-state index is 12.7. The molecule has 1 aromatic rings. The Morgan fingerprint density at radius 3 is 2.07 bits per heavy atom. The van der Waals surface area contributed by atoms with E-state index in [1.54, 1.807) is 0 Å². The van der Waals surface area contributed by atoms with Crippen LogP contribution >= 0.6 is 0 Å². The van der Waals surface area contributed by atoms with Crippen molar-refractivity contribution in [2.75, 3.05) is 11.9 Å². The fourth-order valence-corrected chi connectivity index (χ4v) is 1.72. The zero-order chi connectivity index (χ0) is 10.6. The first-order valence-corrected chi connectivity index (χ1v) is 5.17. The van der Waals surface area contributed by atoms with Gasteiger partial charge in [-0.25, -0.2) is 4.39 Å². The van der Waals surface area contributed by atoms with E-state index in [1.165, 1.54) is 12.1 Å². The highest BCUT2D eigenvalue weighted by Crippen LogP contribution is 2.18. The van der Waals surface area contributed by atoms with Gasteiger partial charge in [0, 0.05) is 18.8 Å². The first-order valence-electron chi connectivity index (χ1n) is 5.17. The van der Waals surface area contributed by atoms with E-state index in [2.05, 4.69) is 25.8 Å². The lowest BCUT2D eigenvalue weighted by molar-refractivity contribution is 0.589. The number of halogens is 1. The number of hydrogen-bond acceptors (Lipinski definition) is 1. The molecule has 14 heavy (non-hydrogen) atoms. The normalized spacial score (nSPS) is 10.6. The third-order valence-electron chi connectivity index (χ3n) is 2.72. The topological polar surface area (TPSA) is 3.24 Å². The van der Waals surface area contributed by atoms with Crippen molar-refractivity contribution in [1.82, 2.24) is 0 Å². The molecule has 0 aromatic heterocycles. The van der Waals surface area contributed by atoms with Crippen molar-refractivity contribution in [3.63, 3.8) is 0 Å². The highest BCUT2D eigenvalue weighted by atomic mass is 19.1. The summed E-state index contributed by atoms with van der Waals surface area (Å²) in [7, 11) is 2.06. The third kappa shape index (κ3) is 2.47. The molecular formula is C12H18FN. The number of hydrogen-bond donors (Lipinski definition) is 0. The summed E-state index contributed by atoms with van der Waals surface area (Å²) in [6.07, 6.45) is 2.23. The van der Waals surface area contributed by atoms with Gasteiger partial charge in [-0.3, -0.25) is 0 Å². The van der Waals surface area contributed by atoms with Crippen molar-refractivity contribution in [3.8, 4) is 0 Å². The minimum absolute atomic E-state index is 0.174. The van der Waals surface area contributed by atoms with Crippen LogP contribution in [-0.4, -0.2) is 13.1 Å². The van der Waals surface area contributed by atoms with E-state index < -0.39 is 0 Å². The minimum Gasteiger partial charge on any atom is -0.372 e. The van der Waals surface area contributed by atoms with Crippen LogP contribution in [0.2, 0.25) is 0 Å². The lowest BCUT2D eigenvalue weighted by atomic mass is 10.1. The molecule has 0 N–H and O–H groups in total. The van der Waals surface area contributed by atoms with E-state index in [0.29, 0.717) is 6.04 Å². The second-order valence-corrected chi connectivity index (χ2v) is 3.56. The Labute approximate surface area is 85.5 Å². The predicted molar refractivity (Wildman–Crippen MR) is 59.2 cm³/mol. The largest absolute Gasteiger partial charge is 0.372 e. The molecule has 0 radical (unpaired) electrons. The van der Waals surface area contributed by atoms with Gasteiger partial charge >= 0.3 is 0 Å². The van der Waals surface area contributed by atoms with Crippen molar-refractivity contribution >= 4 is 5.69 Å². The molecule has 1 aromatic carbocycles. The summed E-state index contributed by atoms with van der Waals surface area (Å²) in [5, 5.41) is 0. The fraction of sp³-hybridized carbons (Fsp3) is 0.500. The van der Waals surface area contributed by atoms with Gasteiger partial charge in [0.1, 0.15) is 5.82 Å². The quantitative estimate of drug-likeness (QED) is 0.711. The highest BCUT2D eigenvalue weighted by Gasteiger charge is 2.10. The summed E-state index contributed by atoms with van der Waals surface area (Å²) < 4.78 is 12.7. The molecule has 0 aliphatic rings. The Morgan fingerprint density at radius 2 is 1.64 bits per heavy atom. The Balaban J connectivity index is 2.77. The van der Waals surface area contributed by atoms with Gasteiger partial charge in [0.2, 0.25) is 0 Å². The number of anilines is 1. The maximum Gasteiger partial charge on any atom is 0.123 e. The fourth-order valence-electron chi connectivity index (χ4n) is 1.72. The van der Waals surface area contributed by atoms with E-state index in [1.807, 2.05) is 12.1 Å². The Kier molecular flexibility index (Phi) is 3.93. The number of rotatable bonds is 4. The van der Waals surface area contributed by atoms with Crippen LogP contribution < -0.4 is 4.90 Å². The molecule has 0 heterocycles. The van der Waals surface area contributed by atoms with E-state index >= 15 is 0 Å². The van der Waals surface area contributed by atoms with Gasteiger partial charge in [0.25, 0.3) is 0 Å². The molecule has 1 nitrogen and oxygen atoms in total. The van der Waals surface area contributed by atoms with Crippen LogP contribution in [0.15, 0.2) is 24.3 Å². The Morgan fingerprint density at radius 1 is 1.14 bits per heavy atom. The van der Waals surface area contributed by atoms with Crippen LogP contribution in [0.25, 0.3) is 0 Å². The van der Waals surface area contributed by atoms with Crippen molar-refractivity contribution in [1.29, 1.82) is 0 Å². The molecule has 0 aliphatic heterocycles. The Bertz CT molecular complexity index is 264. The zero-order valence-corrected chi connectivity index (χ0v) is 9.13. The second kappa shape index (κ2) is 4.99. The average Bonchev–Trinajstić information content (AvgIpc) is 2.20. The smallest absolute Gasteiger partial charge is 0.123 e. The summed E-state index contributed by atoms with van der Waals surface area (Å²) in [4.78, 5) is 2.21. The van der Waals surface area contributed by atoms with Crippen molar-refractivity contribution < 1.29 is 4.39 Å². The lowest BCUT2D eigenvalue weighted by Crippen LogP contribution is -2.30. The minimum atomic E-state index is -0.174. The first-order chi connectivity index (χ1) is 6.69. The first kappa shape index (κ1) is 11.0. The van der Waals surface area contributed by atoms with Crippen LogP contribution in [0.3, 0.4) is 0 Å². The molecule has 0 spiro atoms. The predicted octanol–water partition coefficient (Wildman–Crippen LogP) is 3.45. The summed E-state index contributed by atoms with van der Waals surface area (Å²) in [5.74, 6) is -0.174. The van der Waals surface area contributed by atoms with Crippen LogP contribution in [0, 0.1) is 5.82 Å². The molecule has 0 unspecified atom stereocenters. The molecule has 0 atom stereocenters. The van der Waals surface area contributed by atoms with Crippen molar-refractivity contribution in [2.24, 2.45) is 0 Å². The molecule has 0 bridgehead atoms. The van der Waals surface area contributed by atoms with Crippen LogP contribution in [0.5, 0.6) is 0 Å². The highest BCUT2D eigenvalue weighted by molar-refractivity contribution is 5.46. The lowest BCUT2D eigenvalue weighted by Gasteiger charge is -2.28. The van der Waals surface area contributed by atoms with Crippen LogP contribution in [0.1, 0.15) is 26.7 Å².